The molecular weight excluding hydrogens is 211 g/mol. The van der Waals surface area contributed by atoms with Gasteiger partial charge in [-0.2, -0.15) is 5.10 Å². The summed E-state index contributed by atoms with van der Waals surface area (Å²) in [7, 11) is 0.915. The van der Waals surface area contributed by atoms with Crippen molar-refractivity contribution in [2.24, 2.45) is 7.05 Å². The molecule has 84 valence electrons. The summed E-state index contributed by atoms with van der Waals surface area (Å²) in [5.74, 6) is 0. The molecular formula is C10H17N2O2P. The van der Waals surface area contributed by atoms with E-state index in [0.717, 1.165) is 5.30 Å². The molecule has 1 aromatic rings. The molecule has 0 saturated carbocycles. The largest absolute Gasteiger partial charge is 0.321 e. The van der Waals surface area contributed by atoms with Gasteiger partial charge in [-0.1, -0.05) is 0 Å². The van der Waals surface area contributed by atoms with Crippen LogP contribution in [0.1, 0.15) is 27.7 Å². The minimum Gasteiger partial charge on any atom is -0.321 e. The molecule has 0 aromatic carbocycles. The Kier molecular flexibility index (Phi) is 2.41. The fraction of sp³-hybridized carbons (Fsp3) is 0.700. The van der Waals surface area contributed by atoms with Crippen LogP contribution in [0.25, 0.3) is 0 Å². The fourth-order valence-corrected chi connectivity index (χ4v) is 3.19. The summed E-state index contributed by atoms with van der Waals surface area (Å²) in [6.07, 6.45) is 3.76. The minimum absolute atomic E-state index is 0.255. The lowest BCUT2D eigenvalue weighted by molar-refractivity contribution is 0.00578. The van der Waals surface area contributed by atoms with Gasteiger partial charge in [0.05, 0.1) is 22.7 Å². The number of rotatable bonds is 1. The van der Waals surface area contributed by atoms with Crippen LogP contribution in [0.3, 0.4) is 0 Å². The van der Waals surface area contributed by atoms with Gasteiger partial charge in [-0.05, 0) is 27.7 Å². The molecule has 1 saturated heterocycles. The summed E-state index contributed by atoms with van der Waals surface area (Å²) in [6.45, 7) is 8.24. The first-order valence-corrected chi connectivity index (χ1v) is 6.17. The third-order valence-electron chi connectivity index (χ3n) is 2.97. The van der Waals surface area contributed by atoms with E-state index in [0.29, 0.717) is 0 Å². The highest BCUT2D eigenvalue weighted by Crippen LogP contribution is 2.56. The molecule has 0 aliphatic carbocycles. The van der Waals surface area contributed by atoms with Crippen molar-refractivity contribution in [3.8, 4) is 0 Å². The van der Waals surface area contributed by atoms with E-state index in [-0.39, 0.29) is 11.2 Å². The Morgan fingerprint density at radius 2 is 1.73 bits per heavy atom. The molecule has 4 nitrogen and oxygen atoms in total. The maximum absolute atomic E-state index is 5.95. The fourth-order valence-electron chi connectivity index (χ4n) is 1.26. The van der Waals surface area contributed by atoms with Crippen LogP contribution in [0.15, 0.2) is 12.4 Å². The van der Waals surface area contributed by atoms with Crippen molar-refractivity contribution in [3.05, 3.63) is 12.4 Å². The summed E-state index contributed by atoms with van der Waals surface area (Å²) in [6, 6.07) is 0. The molecule has 2 heterocycles. The third kappa shape index (κ3) is 1.82. The van der Waals surface area contributed by atoms with Gasteiger partial charge in [0.1, 0.15) is 0 Å². The number of nitrogens with zero attached hydrogens (tertiary/aromatic N) is 2. The van der Waals surface area contributed by atoms with Crippen LogP contribution in [0.4, 0.5) is 0 Å². The molecule has 0 radical (unpaired) electrons. The molecule has 1 aromatic heterocycles. The van der Waals surface area contributed by atoms with Crippen molar-refractivity contribution in [2.75, 3.05) is 0 Å². The molecule has 2 rings (SSSR count). The quantitative estimate of drug-likeness (QED) is 0.689. The molecule has 0 amide bonds. The van der Waals surface area contributed by atoms with Gasteiger partial charge in [0.2, 0.25) is 8.38 Å². The normalized spacial score (nSPS) is 24.6. The average Bonchev–Trinajstić information content (AvgIpc) is 2.56. The molecule has 1 aliphatic rings. The molecule has 0 unspecified atom stereocenters. The highest BCUT2D eigenvalue weighted by molar-refractivity contribution is 7.56. The maximum Gasteiger partial charge on any atom is 0.209 e. The molecule has 1 aliphatic heterocycles. The van der Waals surface area contributed by atoms with E-state index < -0.39 is 8.38 Å². The molecule has 15 heavy (non-hydrogen) atoms. The van der Waals surface area contributed by atoms with Gasteiger partial charge in [-0.3, -0.25) is 4.68 Å². The van der Waals surface area contributed by atoms with Gasteiger partial charge >= 0.3 is 0 Å². The van der Waals surface area contributed by atoms with Crippen molar-refractivity contribution in [1.29, 1.82) is 0 Å². The summed E-state index contributed by atoms with van der Waals surface area (Å²) in [5, 5.41) is 5.16. The first-order chi connectivity index (χ1) is 6.82. The summed E-state index contributed by atoms with van der Waals surface area (Å²) in [4.78, 5) is 0. The first-order valence-electron chi connectivity index (χ1n) is 4.99. The van der Waals surface area contributed by atoms with E-state index in [2.05, 4.69) is 32.8 Å². The predicted octanol–water partition coefficient (Wildman–Crippen LogP) is 1.96. The second kappa shape index (κ2) is 3.27. The topological polar surface area (TPSA) is 36.3 Å². The van der Waals surface area contributed by atoms with Crippen LogP contribution >= 0.6 is 8.38 Å². The maximum atomic E-state index is 5.95. The molecule has 0 bridgehead atoms. The van der Waals surface area contributed by atoms with Crippen molar-refractivity contribution in [3.63, 3.8) is 0 Å². The minimum atomic E-state index is -0.979. The zero-order valence-electron chi connectivity index (χ0n) is 9.81. The Balaban J connectivity index is 2.23. The van der Waals surface area contributed by atoms with Gasteiger partial charge in [-0.15, -0.1) is 0 Å². The third-order valence-corrected chi connectivity index (χ3v) is 4.87. The van der Waals surface area contributed by atoms with E-state index in [4.69, 9.17) is 9.05 Å². The van der Waals surface area contributed by atoms with Crippen molar-refractivity contribution in [2.45, 2.75) is 38.9 Å². The Morgan fingerprint density at radius 3 is 2.13 bits per heavy atom. The van der Waals surface area contributed by atoms with Crippen LogP contribution in [0.2, 0.25) is 0 Å². The zero-order chi connectivity index (χ0) is 11.3. The number of hydrogen-bond acceptors (Lipinski definition) is 3. The van der Waals surface area contributed by atoms with E-state index in [9.17, 15) is 0 Å². The summed E-state index contributed by atoms with van der Waals surface area (Å²) in [5.41, 5.74) is -0.511. The average molecular weight is 228 g/mol. The number of hydrogen-bond donors (Lipinski definition) is 0. The highest BCUT2D eigenvalue weighted by atomic mass is 31.2. The first kappa shape index (κ1) is 11.1. The van der Waals surface area contributed by atoms with Crippen molar-refractivity contribution in [1.82, 2.24) is 9.78 Å². The Bertz CT molecular complexity index is 357. The molecule has 0 atom stereocenters. The zero-order valence-corrected chi connectivity index (χ0v) is 10.7. The van der Waals surface area contributed by atoms with Crippen LogP contribution < -0.4 is 5.30 Å². The standard InChI is InChI=1S/C10H17N2O2P/c1-9(2)10(3,4)14-15(13-9)8-6-11-12(5)7-8/h6-7H,1-5H3. The van der Waals surface area contributed by atoms with Gasteiger partial charge < -0.3 is 9.05 Å². The second-order valence-electron chi connectivity index (χ2n) is 4.83. The van der Waals surface area contributed by atoms with E-state index in [1.807, 2.05) is 19.4 Å². The van der Waals surface area contributed by atoms with Crippen LogP contribution in [0.5, 0.6) is 0 Å². The lowest BCUT2D eigenvalue weighted by Gasteiger charge is -2.29. The van der Waals surface area contributed by atoms with Gasteiger partial charge in [0.25, 0.3) is 0 Å². The van der Waals surface area contributed by atoms with Gasteiger partial charge in [0.15, 0.2) is 0 Å². The van der Waals surface area contributed by atoms with Crippen LogP contribution in [-0.4, -0.2) is 21.0 Å². The monoisotopic (exact) mass is 228 g/mol. The highest BCUT2D eigenvalue weighted by Gasteiger charge is 2.50. The molecule has 0 spiro atoms. The summed E-state index contributed by atoms with van der Waals surface area (Å²) < 4.78 is 13.7. The SMILES string of the molecule is Cn1cc(P2OC(C)(C)C(C)(C)O2)cn1. The molecule has 1 fully saturated rings. The van der Waals surface area contributed by atoms with E-state index in [1.54, 1.807) is 4.68 Å². The Hall–Kier alpha value is -0.440. The van der Waals surface area contributed by atoms with Crippen molar-refractivity contribution < 1.29 is 9.05 Å². The van der Waals surface area contributed by atoms with Crippen LogP contribution in [0, 0.1) is 0 Å². The number of aromatic nitrogens is 2. The van der Waals surface area contributed by atoms with E-state index in [1.165, 1.54) is 0 Å². The predicted molar refractivity (Wildman–Crippen MR) is 60.1 cm³/mol. The lowest BCUT2D eigenvalue weighted by atomic mass is 9.90. The molecule has 0 N–H and O–H groups in total. The van der Waals surface area contributed by atoms with Gasteiger partial charge in [0, 0.05) is 13.2 Å². The van der Waals surface area contributed by atoms with Crippen LogP contribution in [-0.2, 0) is 16.1 Å². The second-order valence-corrected chi connectivity index (χ2v) is 6.23. The van der Waals surface area contributed by atoms with Crippen molar-refractivity contribution >= 4 is 13.7 Å². The number of aryl methyl sites for hydroxylation is 1. The lowest BCUT2D eigenvalue weighted by Crippen LogP contribution is -2.41. The summed E-state index contributed by atoms with van der Waals surface area (Å²) >= 11 is 0. The Labute approximate surface area is 91.5 Å². The molecule has 5 heteroatoms. The van der Waals surface area contributed by atoms with E-state index >= 15 is 0 Å². The smallest absolute Gasteiger partial charge is 0.209 e. The Morgan fingerprint density at radius 1 is 1.20 bits per heavy atom. The van der Waals surface area contributed by atoms with Gasteiger partial charge in [-0.25, -0.2) is 0 Å².